The molecule has 3 nitrogen and oxygen atoms in total. The van der Waals surface area contributed by atoms with Crippen LogP contribution in [0.2, 0.25) is 0 Å². The van der Waals surface area contributed by atoms with Crippen LogP contribution in [-0.4, -0.2) is 39.6 Å². The van der Waals surface area contributed by atoms with Crippen molar-refractivity contribution in [3.8, 4) is 0 Å². The van der Waals surface area contributed by atoms with Gasteiger partial charge >= 0.3 is 0 Å². The molecule has 3 aliphatic rings. The zero-order chi connectivity index (χ0) is 14.8. The molecule has 1 aliphatic carbocycles. The maximum atomic E-state index is 5.55. The van der Waals surface area contributed by atoms with Crippen molar-refractivity contribution in [2.45, 2.75) is 25.7 Å². The molecular formula is C18H26O3. The second kappa shape index (κ2) is 9.75. The van der Waals surface area contributed by atoms with E-state index in [4.69, 9.17) is 14.2 Å². The zero-order valence-electron chi connectivity index (χ0n) is 12.8. The van der Waals surface area contributed by atoms with Gasteiger partial charge in [-0.1, -0.05) is 24.3 Å². The van der Waals surface area contributed by atoms with Gasteiger partial charge in [0.25, 0.3) is 0 Å². The maximum Gasteiger partial charge on any atom is 0.0701 e. The number of hydrogen-bond acceptors (Lipinski definition) is 3. The summed E-state index contributed by atoms with van der Waals surface area (Å²) in [5.41, 5.74) is 5.88. The fourth-order valence-electron chi connectivity index (χ4n) is 2.40. The van der Waals surface area contributed by atoms with E-state index in [1.165, 1.54) is 11.1 Å². The molecule has 0 fully saturated rings. The summed E-state index contributed by atoms with van der Waals surface area (Å²) in [5.74, 6) is 0.326. The van der Waals surface area contributed by atoms with Crippen molar-refractivity contribution in [1.29, 1.82) is 0 Å². The molecule has 0 saturated carbocycles. The first-order valence-electron chi connectivity index (χ1n) is 7.91. The second-order valence-corrected chi connectivity index (χ2v) is 5.42. The second-order valence-electron chi connectivity index (χ2n) is 5.42. The third kappa shape index (κ3) is 6.45. The Morgan fingerprint density at radius 3 is 2.14 bits per heavy atom. The van der Waals surface area contributed by atoms with Crippen molar-refractivity contribution in [1.82, 2.24) is 0 Å². The van der Waals surface area contributed by atoms with Crippen LogP contribution in [-0.2, 0) is 14.2 Å². The average Bonchev–Trinajstić information content (AvgIpc) is 2.51. The van der Waals surface area contributed by atoms with Crippen LogP contribution in [0.5, 0.6) is 0 Å². The number of hydrogen-bond donors (Lipinski definition) is 0. The summed E-state index contributed by atoms with van der Waals surface area (Å²) in [6.45, 7) is 8.33. The van der Waals surface area contributed by atoms with Gasteiger partial charge in [0, 0.05) is 19.1 Å². The van der Waals surface area contributed by atoms with Crippen molar-refractivity contribution >= 4 is 0 Å². The molecule has 0 aromatic heterocycles. The molecule has 0 aromatic rings. The van der Waals surface area contributed by atoms with Gasteiger partial charge in [-0.15, -0.1) is 5.73 Å². The normalized spacial score (nSPS) is 26.2. The largest absolute Gasteiger partial charge is 0.379 e. The Balaban J connectivity index is 1.85. The first-order chi connectivity index (χ1) is 10.4. The Labute approximate surface area is 128 Å². The molecule has 2 aliphatic heterocycles. The number of allylic oxidation sites excluding steroid dienone is 4. The molecule has 0 N–H and O–H groups in total. The summed E-state index contributed by atoms with van der Waals surface area (Å²) in [6.07, 6.45) is 10.6. The highest BCUT2D eigenvalue weighted by Gasteiger charge is 2.09. The summed E-state index contributed by atoms with van der Waals surface area (Å²) in [4.78, 5) is 0. The molecule has 0 radical (unpaired) electrons. The van der Waals surface area contributed by atoms with Gasteiger partial charge in [-0.3, -0.25) is 0 Å². The lowest BCUT2D eigenvalue weighted by Crippen LogP contribution is -2.11. The van der Waals surface area contributed by atoms with Crippen molar-refractivity contribution < 1.29 is 14.2 Å². The third-order valence-electron chi connectivity index (χ3n) is 3.69. The van der Waals surface area contributed by atoms with Gasteiger partial charge in [0.1, 0.15) is 0 Å². The highest BCUT2D eigenvalue weighted by molar-refractivity contribution is 5.30. The van der Waals surface area contributed by atoms with Gasteiger partial charge in [0.2, 0.25) is 0 Å². The van der Waals surface area contributed by atoms with Crippen molar-refractivity contribution in [2.24, 2.45) is 5.92 Å². The van der Waals surface area contributed by atoms with Gasteiger partial charge in [0.05, 0.1) is 26.4 Å². The minimum Gasteiger partial charge on any atom is -0.379 e. The van der Waals surface area contributed by atoms with E-state index in [0.29, 0.717) is 32.3 Å². The smallest absolute Gasteiger partial charge is 0.0701 e. The SMILES string of the molecule is C=C1CCCOCCOCCOCCCC2=C=CC1C=C2. The van der Waals surface area contributed by atoms with Crippen LogP contribution in [0.25, 0.3) is 0 Å². The predicted molar refractivity (Wildman–Crippen MR) is 84.3 cm³/mol. The Morgan fingerprint density at radius 2 is 1.52 bits per heavy atom. The topological polar surface area (TPSA) is 27.7 Å². The Morgan fingerprint density at radius 1 is 0.905 bits per heavy atom. The van der Waals surface area contributed by atoms with Crippen LogP contribution in [0.15, 0.2) is 41.7 Å². The molecule has 116 valence electrons. The van der Waals surface area contributed by atoms with Gasteiger partial charge in [0.15, 0.2) is 0 Å². The predicted octanol–water partition coefficient (Wildman–Crippen LogP) is 3.43. The van der Waals surface area contributed by atoms with E-state index in [0.717, 1.165) is 38.9 Å². The molecule has 3 rings (SSSR count). The Bertz CT molecular complexity index is 416. The van der Waals surface area contributed by atoms with Gasteiger partial charge < -0.3 is 14.2 Å². The minimum absolute atomic E-state index is 0.326. The first-order valence-corrected chi connectivity index (χ1v) is 7.91. The summed E-state index contributed by atoms with van der Waals surface area (Å²) in [6, 6.07) is 0. The average molecular weight is 290 g/mol. The van der Waals surface area contributed by atoms with E-state index in [2.05, 4.69) is 30.5 Å². The molecule has 0 amide bonds. The lowest BCUT2D eigenvalue weighted by Gasteiger charge is -2.15. The van der Waals surface area contributed by atoms with Crippen molar-refractivity contribution in [3.63, 3.8) is 0 Å². The van der Waals surface area contributed by atoms with Gasteiger partial charge in [-0.2, -0.15) is 0 Å². The van der Waals surface area contributed by atoms with Crippen LogP contribution in [0, 0.1) is 5.92 Å². The molecule has 0 saturated heterocycles. The van der Waals surface area contributed by atoms with E-state index in [-0.39, 0.29) is 0 Å². The monoisotopic (exact) mass is 290 g/mol. The molecule has 3 heteroatoms. The summed E-state index contributed by atoms with van der Waals surface area (Å²) >= 11 is 0. The first kappa shape index (κ1) is 16.3. The van der Waals surface area contributed by atoms with E-state index >= 15 is 0 Å². The third-order valence-corrected chi connectivity index (χ3v) is 3.69. The Hall–Kier alpha value is -1.12. The maximum absolute atomic E-state index is 5.55. The van der Waals surface area contributed by atoms with Crippen LogP contribution in [0.3, 0.4) is 0 Å². The molecule has 2 bridgehead atoms. The van der Waals surface area contributed by atoms with Crippen LogP contribution >= 0.6 is 0 Å². The van der Waals surface area contributed by atoms with Gasteiger partial charge in [-0.25, -0.2) is 0 Å². The molecule has 2 heterocycles. The van der Waals surface area contributed by atoms with E-state index < -0.39 is 0 Å². The van der Waals surface area contributed by atoms with Gasteiger partial charge in [-0.05, 0) is 37.3 Å². The lowest BCUT2D eigenvalue weighted by molar-refractivity contribution is 0.0138. The van der Waals surface area contributed by atoms with Crippen LogP contribution in [0.1, 0.15) is 25.7 Å². The van der Waals surface area contributed by atoms with Crippen LogP contribution < -0.4 is 0 Å². The summed E-state index contributed by atoms with van der Waals surface area (Å²) in [5, 5.41) is 0. The lowest BCUT2D eigenvalue weighted by atomic mass is 9.92. The molecule has 0 aromatic carbocycles. The number of fused-ring (bicyclic) bond motifs is 13. The fraction of sp³-hybridized carbons (Fsp3) is 0.611. The number of rotatable bonds is 0. The summed E-state index contributed by atoms with van der Waals surface area (Å²) < 4.78 is 16.5. The molecule has 0 spiro atoms. The van der Waals surface area contributed by atoms with Crippen molar-refractivity contribution in [2.75, 3.05) is 39.6 Å². The summed E-state index contributed by atoms with van der Waals surface area (Å²) in [7, 11) is 0. The molecular weight excluding hydrogens is 264 g/mol. The van der Waals surface area contributed by atoms with E-state index in [1.807, 2.05) is 0 Å². The molecule has 1 atom stereocenters. The number of ether oxygens (including phenoxy) is 3. The van der Waals surface area contributed by atoms with E-state index in [9.17, 15) is 0 Å². The molecule has 21 heavy (non-hydrogen) atoms. The highest BCUT2D eigenvalue weighted by atomic mass is 16.5. The standard InChI is InChI=1S/C18H26O3/c1-16-4-2-10-19-12-14-21-15-13-20-11-3-5-17-6-8-18(16)9-7-17/h6,8-9,18H,1-5,10-15H2. The van der Waals surface area contributed by atoms with Crippen LogP contribution in [0.4, 0.5) is 0 Å². The fourth-order valence-corrected chi connectivity index (χ4v) is 2.40. The van der Waals surface area contributed by atoms with Crippen molar-refractivity contribution in [3.05, 3.63) is 41.7 Å². The Kier molecular flexibility index (Phi) is 7.55. The minimum atomic E-state index is 0.326. The quantitative estimate of drug-likeness (QED) is 0.388. The zero-order valence-corrected chi connectivity index (χ0v) is 12.8. The molecule has 1 unspecified atom stereocenters. The van der Waals surface area contributed by atoms with E-state index in [1.54, 1.807) is 0 Å². The highest BCUT2D eigenvalue weighted by Crippen LogP contribution is 2.22.